The first-order valence-corrected chi connectivity index (χ1v) is 2.88. The number of halogens is 1. The van der Waals surface area contributed by atoms with Gasteiger partial charge in [-0.15, -0.1) is 0 Å². The van der Waals surface area contributed by atoms with Gasteiger partial charge >= 0.3 is 0 Å². The summed E-state index contributed by atoms with van der Waals surface area (Å²) in [5.74, 6) is 0. The quantitative estimate of drug-likeness (QED) is 0.560. The molecule has 0 fully saturated rings. The molecule has 1 nitrogen and oxygen atoms in total. The molecule has 6 heavy (non-hydrogen) atoms. The summed E-state index contributed by atoms with van der Waals surface area (Å²) >= 11 is 3.19. The van der Waals surface area contributed by atoms with Gasteiger partial charge in [0.2, 0.25) is 0 Å². The smallest absolute Gasteiger partial charge is 0.0634 e. The van der Waals surface area contributed by atoms with Gasteiger partial charge in [0, 0.05) is 4.83 Å². The molecule has 0 aromatic heterocycles. The molecule has 0 aliphatic carbocycles. The number of rotatable bonds is 1. The molecule has 0 bridgehead atoms. The molecule has 38 valence electrons. The Morgan fingerprint density at radius 2 is 1.67 bits per heavy atom. The third kappa shape index (κ3) is 2.67. The fourth-order valence-corrected chi connectivity index (χ4v) is 0. The topological polar surface area (TPSA) is 20.2 Å². The van der Waals surface area contributed by atoms with E-state index in [1.807, 2.05) is 6.92 Å². The van der Waals surface area contributed by atoms with Gasteiger partial charge in [0.25, 0.3) is 0 Å². The molecule has 0 rings (SSSR count). The molecule has 0 saturated heterocycles. The zero-order valence-electron chi connectivity index (χ0n) is 3.98. The minimum absolute atomic E-state index is 0.220. The SMILES string of the molecule is C[C@@H](O)[C@@H](C)Br. The van der Waals surface area contributed by atoms with Gasteiger partial charge in [-0.2, -0.15) is 0 Å². The Morgan fingerprint density at radius 1 is 1.50 bits per heavy atom. The average molecular weight is 153 g/mol. The van der Waals surface area contributed by atoms with Gasteiger partial charge < -0.3 is 5.11 Å². The maximum atomic E-state index is 8.58. The van der Waals surface area contributed by atoms with Gasteiger partial charge in [-0.1, -0.05) is 22.9 Å². The van der Waals surface area contributed by atoms with Crippen LogP contribution in [0.15, 0.2) is 0 Å². The summed E-state index contributed by atoms with van der Waals surface area (Å²) in [6.45, 7) is 3.66. The van der Waals surface area contributed by atoms with Crippen molar-refractivity contribution in [3.8, 4) is 0 Å². The molecular formula is C4H9BrO. The standard InChI is InChI=1S/C4H9BrO/c1-3(5)4(2)6/h3-4,6H,1-2H3/t3-,4-/m1/s1. The van der Waals surface area contributed by atoms with E-state index in [4.69, 9.17) is 5.11 Å². The summed E-state index contributed by atoms with van der Waals surface area (Å²) in [4.78, 5) is 0.220. The Bertz CT molecular complexity index is 28.5. The largest absolute Gasteiger partial charge is 0.392 e. The first-order valence-electron chi connectivity index (χ1n) is 1.96. The molecule has 0 aromatic carbocycles. The van der Waals surface area contributed by atoms with Crippen LogP contribution in [-0.4, -0.2) is 16.0 Å². The maximum Gasteiger partial charge on any atom is 0.0634 e. The molecule has 0 saturated carbocycles. The number of alkyl halides is 1. The molecule has 2 heteroatoms. The highest BCUT2D eigenvalue weighted by atomic mass is 79.9. The van der Waals surface area contributed by atoms with Crippen LogP contribution in [0.5, 0.6) is 0 Å². The van der Waals surface area contributed by atoms with Gasteiger partial charge in [-0.3, -0.25) is 0 Å². The molecule has 0 unspecified atom stereocenters. The Hall–Kier alpha value is 0.440. The van der Waals surface area contributed by atoms with Gasteiger partial charge in [0.1, 0.15) is 0 Å². The molecule has 0 amide bonds. The van der Waals surface area contributed by atoms with Gasteiger partial charge in [-0.05, 0) is 6.92 Å². The highest BCUT2D eigenvalue weighted by molar-refractivity contribution is 9.09. The van der Waals surface area contributed by atoms with Crippen molar-refractivity contribution in [2.24, 2.45) is 0 Å². The van der Waals surface area contributed by atoms with Crippen LogP contribution in [0, 0.1) is 0 Å². The Morgan fingerprint density at radius 3 is 1.67 bits per heavy atom. The lowest BCUT2D eigenvalue weighted by atomic mass is 10.3. The van der Waals surface area contributed by atoms with Crippen molar-refractivity contribution in [3.63, 3.8) is 0 Å². The molecule has 0 heterocycles. The van der Waals surface area contributed by atoms with Crippen LogP contribution in [0.2, 0.25) is 0 Å². The van der Waals surface area contributed by atoms with Crippen molar-refractivity contribution in [2.75, 3.05) is 0 Å². The summed E-state index contributed by atoms with van der Waals surface area (Å²) in [5.41, 5.74) is 0. The molecule has 0 radical (unpaired) electrons. The highest BCUT2D eigenvalue weighted by Crippen LogP contribution is 2.01. The lowest BCUT2D eigenvalue weighted by Gasteiger charge is -2.02. The van der Waals surface area contributed by atoms with Gasteiger partial charge in [0.15, 0.2) is 0 Å². The third-order valence-corrected chi connectivity index (χ3v) is 1.43. The molecule has 0 aromatic rings. The second-order valence-electron chi connectivity index (χ2n) is 1.42. The molecular weight excluding hydrogens is 144 g/mol. The monoisotopic (exact) mass is 152 g/mol. The number of aliphatic hydroxyl groups excluding tert-OH is 1. The first kappa shape index (κ1) is 6.44. The molecule has 2 atom stereocenters. The van der Waals surface area contributed by atoms with Crippen molar-refractivity contribution in [3.05, 3.63) is 0 Å². The minimum Gasteiger partial charge on any atom is -0.392 e. The molecule has 0 aliphatic rings. The van der Waals surface area contributed by atoms with Crippen LogP contribution in [-0.2, 0) is 0 Å². The highest BCUT2D eigenvalue weighted by Gasteiger charge is 1.99. The normalized spacial score (nSPS) is 20.0. The summed E-state index contributed by atoms with van der Waals surface area (Å²) in [6.07, 6.45) is -0.231. The molecule has 0 spiro atoms. The number of hydrogen-bond acceptors (Lipinski definition) is 1. The van der Waals surface area contributed by atoms with E-state index < -0.39 is 0 Å². The van der Waals surface area contributed by atoms with Crippen molar-refractivity contribution in [1.29, 1.82) is 0 Å². The minimum atomic E-state index is -0.231. The zero-order valence-corrected chi connectivity index (χ0v) is 5.57. The van der Waals surface area contributed by atoms with E-state index in [0.717, 1.165) is 0 Å². The van der Waals surface area contributed by atoms with E-state index in [2.05, 4.69) is 15.9 Å². The fourth-order valence-electron chi connectivity index (χ4n) is 0. The maximum absolute atomic E-state index is 8.58. The fraction of sp³-hybridized carbons (Fsp3) is 1.00. The number of hydrogen-bond donors (Lipinski definition) is 1. The van der Waals surface area contributed by atoms with Crippen molar-refractivity contribution >= 4 is 15.9 Å². The van der Waals surface area contributed by atoms with Crippen molar-refractivity contribution < 1.29 is 5.11 Å². The van der Waals surface area contributed by atoms with Crippen LogP contribution < -0.4 is 0 Å². The Balaban J connectivity index is 2.99. The van der Waals surface area contributed by atoms with E-state index >= 15 is 0 Å². The first-order chi connectivity index (χ1) is 2.64. The van der Waals surface area contributed by atoms with Crippen LogP contribution in [0.3, 0.4) is 0 Å². The predicted octanol–water partition coefficient (Wildman–Crippen LogP) is 1.15. The van der Waals surface area contributed by atoms with E-state index in [1.165, 1.54) is 0 Å². The zero-order chi connectivity index (χ0) is 5.15. The van der Waals surface area contributed by atoms with Crippen molar-refractivity contribution in [2.45, 2.75) is 24.8 Å². The number of aliphatic hydroxyl groups is 1. The predicted molar refractivity (Wildman–Crippen MR) is 30.1 cm³/mol. The van der Waals surface area contributed by atoms with E-state index in [-0.39, 0.29) is 10.9 Å². The Kier molecular flexibility index (Phi) is 2.78. The van der Waals surface area contributed by atoms with E-state index in [9.17, 15) is 0 Å². The molecule has 0 aliphatic heterocycles. The second kappa shape index (κ2) is 2.59. The van der Waals surface area contributed by atoms with Crippen LogP contribution in [0.25, 0.3) is 0 Å². The third-order valence-electron chi connectivity index (χ3n) is 0.665. The van der Waals surface area contributed by atoms with E-state index in [1.54, 1.807) is 6.92 Å². The lowest BCUT2D eigenvalue weighted by molar-refractivity contribution is 0.198. The summed E-state index contributed by atoms with van der Waals surface area (Å²) in [5, 5.41) is 8.58. The lowest BCUT2D eigenvalue weighted by Crippen LogP contribution is -2.10. The van der Waals surface area contributed by atoms with Gasteiger partial charge in [-0.25, -0.2) is 0 Å². The van der Waals surface area contributed by atoms with Crippen LogP contribution >= 0.6 is 15.9 Å². The van der Waals surface area contributed by atoms with Crippen LogP contribution in [0.1, 0.15) is 13.8 Å². The van der Waals surface area contributed by atoms with Crippen molar-refractivity contribution in [1.82, 2.24) is 0 Å². The van der Waals surface area contributed by atoms with E-state index in [0.29, 0.717) is 0 Å². The summed E-state index contributed by atoms with van der Waals surface area (Å²) < 4.78 is 0. The summed E-state index contributed by atoms with van der Waals surface area (Å²) in [6, 6.07) is 0. The second-order valence-corrected chi connectivity index (χ2v) is 2.86. The molecule has 1 N–H and O–H groups in total. The summed E-state index contributed by atoms with van der Waals surface area (Å²) in [7, 11) is 0. The van der Waals surface area contributed by atoms with Gasteiger partial charge in [0.05, 0.1) is 6.10 Å². The average Bonchev–Trinajstić information content (AvgIpc) is 1.36. The Labute approximate surface area is 46.5 Å². The van der Waals surface area contributed by atoms with Crippen LogP contribution in [0.4, 0.5) is 0 Å².